The van der Waals surface area contributed by atoms with Crippen LogP contribution in [-0.4, -0.2) is 15.2 Å². The van der Waals surface area contributed by atoms with E-state index in [4.69, 9.17) is 0 Å². The summed E-state index contributed by atoms with van der Waals surface area (Å²) in [5.74, 6) is -0.940. The topological polar surface area (TPSA) is 53.4 Å². The van der Waals surface area contributed by atoms with E-state index >= 15 is 0 Å². The molecule has 1 aromatic heterocycles. The first-order valence-corrected chi connectivity index (χ1v) is 6.33. The van der Waals surface area contributed by atoms with Crippen LogP contribution >= 0.6 is 0 Å². The summed E-state index contributed by atoms with van der Waals surface area (Å²) in [5, 5.41) is 19.6. The van der Waals surface area contributed by atoms with Crippen LogP contribution in [0.15, 0.2) is 49.0 Å². The number of phenolic OH excluding ortho intramolecular Hbond substituents is 2. The van der Waals surface area contributed by atoms with Crippen LogP contribution in [0.1, 0.15) is 5.56 Å². The lowest BCUT2D eigenvalue weighted by Crippen LogP contribution is -1.90. The number of hydrogen-bond acceptors (Lipinski definition) is 3. The largest absolute Gasteiger partial charge is 0.508 e. The van der Waals surface area contributed by atoms with Crippen molar-refractivity contribution in [3.05, 3.63) is 60.4 Å². The van der Waals surface area contributed by atoms with Crippen LogP contribution < -0.4 is 0 Å². The van der Waals surface area contributed by atoms with E-state index in [0.29, 0.717) is 16.8 Å². The summed E-state index contributed by atoms with van der Waals surface area (Å²) >= 11 is 0. The highest BCUT2D eigenvalue weighted by atomic mass is 19.1. The highest BCUT2D eigenvalue weighted by molar-refractivity contribution is 5.91. The summed E-state index contributed by atoms with van der Waals surface area (Å²) in [7, 11) is 0. The Kier molecular flexibility index (Phi) is 3.06. The number of rotatable bonds is 2. The van der Waals surface area contributed by atoms with E-state index in [9.17, 15) is 14.6 Å². The molecule has 0 saturated carbocycles. The molecule has 1 heterocycles. The number of pyridine rings is 1. The van der Waals surface area contributed by atoms with Crippen molar-refractivity contribution in [3.8, 4) is 22.8 Å². The number of hydrogen-bond donors (Lipinski definition) is 2. The Morgan fingerprint density at radius 2 is 1.86 bits per heavy atom. The number of aromatic hydroxyl groups is 2. The van der Waals surface area contributed by atoms with Crippen LogP contribution in [0, 0.1) is 5.82 Å². The summed E-state index contributed by atoms with van der Waals surface area (Å²) in [4.78, 5) is 4.46. The predicted octanol–water partition coefficient (Wildman–Crippen LogP) is 4.10. The van der Waals surface area contributed by atoms with Crippen molar-refractivity contribution in [1.29, 1.82) is 0 Å². The van der Waals surface area contributed by atoms with Gasteiger partial charge in [-0.3, -0.25) is 0 Å². The van der Waals surface area contributed by atoms with Crippen LogP contribution in [0.2, 0.25) is 0 Å². The number of phenols is 2. The third-order valence-electron chi connectivity index (χ3n) is 3.29. The van der Waals surface area contributed by atoms with Gasteiger partial charge in [-0.15, -0.1) is 0 Å². The molecule has 0 aliphatic rings. The maximum Gasteiger partial charge on any atom is 0.165 e. The minimum atomic E-state index is -0.694. The third-order valence-corrected chi connectivity index (χ3v) is 3.29. The zero-order chi connectivity index (χ0) is 15.0. The Balaban J connectivity index is 2.26. The third kappa shape index (κ3) is 2.31. The van der Waals surface area contributed by atoms with Crippen molar-refractivity contribution in [2.75, 3.05) is 0 Å². The van der Waals surface area contributed by atoms with E-state index in [1.54, 1.807) is 36.4 Å². The van der Waals surface area contributed by atoms with Gasteiger partial charge in [0, 0.05) is 10.9 Å². The highest BCUT2D eigenvalue weighted by Gasteiger charge is 2.09. The summed E-state index contributed by atoms with van der Waals surface area (Å²) in [6.07, 6.45) is 1.66. The van der Waals surface area contributed by atoms with Gasteiger partial charge >= 0.3 is 0 Å². The molecule has 0 saturated heterocycles. The van der Waals surface area contributed by atoms with E-state index < -0.39 is 11.6 Å². The zero-order valence-electron chi connectivity index (χ0n) is 11.0. The molecule has 0 radical (unpaired) electrons. The van der Waals surface area contributed by atoms with Crippen LogP contribution in [0.4, 0.5) is 4.39 Å². The first-order valence-electron chi connectivity index (χ1n) is 6.33. The van der Waals surface area contributed by atoms with Gasteiger partial charge < -0.3 is 10.2 Å². The summed E-state index contributed by atoms with van der Waals surface area (Å²) in [5.41, 5.74) is 2.60. The van der Waals surface area contributed by atoms with Gasteiger partial charge in [0.15, 0.2) is 11.6 Å². The Hall–Kier alpha value is -2.88. The fraction of sp³-hybridized carbons (Fsp3) is 0. The number of benzene rings is 2. The minimum absolute atomic E-state index is 0.149. The lowest BCUT2D eigenvalue weighted by atomic mass is 10.0. The molecular formula is C17H12FNO2. The molecule has 0 aliphatic heterocycles. The molecule has 21 heavy (non-hydrogen) atoms. The normalized spacial score (nSPS) is 10.7. The molecule has 0 atom stereocenters. The molecular weight excluding hydrogens is 269 g/mol. The molecule has 4 heteroatoms. The summed E-state index contributed by atoms with van der Waals surface area (Å²) in [6, 6.07) is 10.7. The monoisotopic (exact) mass is 281 g/mol. The fourth-order valence-electron chi connectivity index (χ4n) is 2.22. The van der Waals surface area contributed by atoms with Gasteiger partial charge in [0.25, 0.3) is 0 Å². The van der Waals surface area contributed by atoms with Crippen molar-refractivity contribution in [3.63, 3.8) is 0 Å². The van der Waals surface area contributed by atoms with Crippen molar-refractivity contribution >= 4 is 17.0 Å². The first-order chi connectivity index (χ1) is 10.1. The second-order valence-corrected chi connectivity index (χ2v) is 4.67. The van der Waals surface area contributed by atoms with Crippen LogP contribution in [-0.2, 0) is 0 Å². The molecule has 0 fully saturated rings. The molecule has 3 nitrogen and oxygen atoms in total. The number of nitrogens with zero attached hydrogens (tertiary/aromatic N) is 1. The molecule has 104 valence electrons. The summed E-state index contributed by atoms with van der Waals surface area (Å²) in [6.45, 7) is 3.75. The van der Waals surface area contributed by atoms with Gasteiger partial charge in [-0.1, -0.05) is 12.7 Å². The Morgan fingerprint density at radius 3 is 2.57 bits per heavy atom. The second-order valence-electron chi connectivity index (χ2n) is 4.67. The second kappa shape index (κ2) is 4.90. The zero-order valence-corrected chi connectivity index (χ0v) is 11.0. The van der Waals surface area contributed by atoms with E-state index in [-0.39, 0.29) is 5.75 Å². The van der Waals surface area contributed by atoms with E-state index in [1.807, 2.05) is 0 Å². The molecule has 0 unspecified atom stereocenters. The van der Waals surface area contributed by atoms with Gasteiger partial charge in [-0.2, -0.15) is 0 Å². The van der Waals surface area contributed by atoms with Crippen LogP contribution in [0.5, 0.6) is 11.5 Å². The Morgan fingerprint density at radius 1 is 1.05 bits per heavy atom. The summed E-state index contributed by atoms with van der Waals surface area (Å²) < 4.78 is 13.5. The maximum absolute atomic E-state index is 13.5. The van der Waals surface area contributed by atoms with Gasteiger partial charge in [-0.25, -0.2) is 9.37 Å². The first kappa shape index (κ1) is 13.1. The van der Waals surface area contributed by atoms with Crippen molar-refractivity contribution in [2.45, 2.75) is 0 Å². The van der Waals surface area contributed by atoms with Crippen molar-refractivity contribution in [1.82, 2.24) is 4.98 Å². The molecule has 0 spiro atoms. The Labute approximate surface area is 120 Å². The number of halogens is 1. The Bertz CT molecular complexity index is 859. The van der Waals surface area contributed by atoms with E-state index in [0.717, 1.165) is 10.9 Å². The SMILES string of the molecule is C=Cc1cc(-c2ccc(O)c(F)c2)nc2ccc(O)cc12. The van der Waals surface area contributed by atoms with Gasteiger partial charge in [0.05, 0.1) is 11.2 Å². The van der Waals surface area contributed by atoms with Crippen molar-refractivity contribution in [2.24, 2.45) is 0 Å². The van der Waals surface area contributed by atoms with Gasteiger partial charge in [0.1, 0.15) is 5.75 Å². The molecule has 2 N–H and O–H groups in total. The average Bonchev–Trinajstić information content (AvgIpc) is 2.49. The number of fused-ring (bicyclic) bond motifs is 1. The van der Waals surface area contributed by atoms with Crippen molar-refractivity contribution < 1.29 is 14.6 Å². The molecule has 3 rings (SSSR count). The quantitative estimate of drug-likeness (QED) is 0.743. The molecule has 3 aromatic rings. The molecule has 2 aromatic carbocycles. The minimum Gasteiger partial charge on any atom is -0.508 e. The number of aromatic nitrogens is 1. The standard InChI is InChI=1S/C17H12FNO2/c1-2-10-8-16(11-3-6-17(21)14(18)7-11)19-15-5-4-12(20)9-13(10)15/h2-9,20-21H,1H2. The lowest BCUT2D eigenvalue weighted by molar-refractivity contribution is 0.432. The van der Waals surface area contributed by atoms with E-state index in [2.05, 4.69) is 11.6 Å². The highest BCUT2D eigenvalue weighted by Crippen LogP contribution is 2.29. The maximum atomic E-state index is 13.5. The lowest BCUT2D eigenvalue weighted by Gasteiger charge is -2.08. The van der Waals surface area contributed by atoms with Gasteiger partial charge in [0.2, 0.25) is 0 Å². The average molecular weight is 281 g/mol. The van der Waals surface area contributed by atoms with Gasteiger partial charge in [-0.05, 0) is 48.0 Å². The molecule has 0 bridgehead atoms. The van der Waals surface area contributed by atoms with E-state index in [1.165, 1.54) is 12.1 Å². The smallest absolute Gasteiger partial charge is 0.165 e. The molecule has 0 amide bonds. The fourth-order valence-corrected chi connectivity index (χ4v) is 2.22. The van der Waals surface area contributed by atoms with Crippen LogP contribution in [0.25, 0.3) is 28.2 Å². The predicted molar refractivity (Wildman–Crippen MR) is 80.6 cm³/mol. The van der Waals surface area contributed by atoms with Crippen LogP contribution in [0.3, 0.4) is 0 Å². The molecule has 0 aliphatic carbocycles.